The zero-order valence-corrected chi connectivity index (χ0v) is 43.5. The first-order valence-corrected chi connectivity index (χ1v) is 24.1. The lowest BCUT2D eigenvalue weighted by Gasteiger charge is -2.47. The van der Waals surface area contributed by atoms with Crippen molar-refractivity contribution in [3.8, 4) is 0 Å². The number of rotatable bonds is 14. The Balaban J connectivity index is -0.000000275. The van der Waals surface area contributed by atoms with Crippen molar-refractivity contribution in [2.45, 2.75) is 215 Å². The molecule has 1 saturated carbocycles. The maximum Gasteiger partial charge on any atom is 0.0490 e. The Morgan fingerprint density at radius 1 is 0.780 bits per heavy atom. The second-order valence-electron chi connectivity index (χ2n) is 15.0. The molecule has 340 valence electrons. The van der Waals surface area contributed by atoms with E-state index in [0.29, 0.717) is 5.41 Å². The van der Waals surface area contributed by atoms with E-state index < -0.39 is 0 Å². The fourth-order valence-electron chi connectivity index (χ4n) is 6.94. The molecule has 2 unspecified atom stereocenters. The Morgan fingerprint density at radius 2 is 1.36 bits per heavy atom. The van der Waals surface area contributed by atoms with Crippen molar-refractivity contribution < 1.29 is 0 Å². The molecule has 0 spiro atoms. The van der Waals surface area contributed by atoms with Crippen LogP contribution >= 0.6 is 0 Å². The van der Waals surface area contributed by atoms with Crippen molar-refractivity contribution in [3.63, 3.8) is 0 Å². The maximum atomic E-state index is 3.78. The van der Waals surface area contributed by atoms with Gasteiger partial charge in [0.2, 0.25) is 0 Å². The Hall–Kier alpha value is -3.32. The number of benzene rings is 1. The predicted molar refractivity (Wildman–Crippen MR) is 281 cm³/mol. The van der Waals surface area contributed by atoms with Crippen LogP contribution in [-0.2, 0) is 18.4 Å². The van der Waals surface area contributed by atoms with Gasteiger partial charge in [0.05, 0.1) is 0 Å². The quantitative estimate of drug-likeness (QED) is 0.132. The molecule has 1 heteroatoms. The lowest BCUT2D eigenvalue weighted by Crippen LogP contribution is -2.42. The van der Waals surface area contributed by atoms with E-state index in [0.717, 1.165) is 25.7 Å². The van der Waals surface area contributed by atoms with Crippen LogP contribution in [0.1, 0.15) is 208 Å². The summed E-state index contributed by atoms with van der Waals surface area (Å²) in [6.45, 7) is 49.8. The summed E-state index contributed by atoms with van der Waals surface area (Å²) in [7, 11) is 0. The lowest BCUT2D eigenvalue weighted by molar-refractivity contribution is 0.107. The summed E-state index contributed by atoms with van der Waals surface area (Å²) in [4.78, 5) is 0. The summed E-state index contributed by atoms with van der Waals surface area (Å²) < 4.78 is 2.77. The summed E-state index contributed by atoms with van der Waals surface area (Å²) in [5.74, 6) is 0. The average Bonchev–Trinajstić information content (AvgIpc) is 3.61. The number of fused-ring (bicyclic) bond motifs is 1. The zero-order chi connectivity index (χ0) is 46.8. The minimum absolute atomic E-state index is 0.179. The summed E-state index contributed by atoms with van der Waals surface area (Å²) >= 11 is 0. The highest BCUT2D eigenvalue weighted by molar-refractivity contribution is 5.86. The molecule has 0 saturated heterocycles. The van der Waals surface area contributed by atoms with Gasteiger partial charge in [-0.3, -0.25) is 0 Å². The van der Waals surface area contributed by atoms with Crippen molar-refractivity contribution in [2.24, 2.45) is 10.8 Å². The maximum absolute atomic E-state index is 3.78. The van der Waals surface area contributed by atoms with E-state index >= 15 is 0 Å². The minimum atomic E-state index is 0.179. The van der Waals surface area contributed by atoms with E-state index in [1.807, 2.05) is 80.5 Å². The van der Waals surface area contributed by atoms with Crippen LogP contribution in [0.4, 0.5) is 0 Å². The van der Waals surface area contributed by atoms with Crippen LogP contribution in [0.5, 0.6) is 0 Å². The molecule has 2 aromatic rings. The molecule has 0 radical (unpaired) electrons. The fourth-order valence-corrected chi connectivity index (χ4v) is 6.94. The standard InChI is InChI=1S/C29H39N.C9H18.C8H14.C4H8.4C2H6/c1-6-10-12-15-20-28(5)21-16-22-29(9-4,23-28)30-26(8-3)24(17-11-7-2)25-18-13-14-19-27(25)30;1-5-7-8-9(3,4)6-2;1-4-6-8(3)7-5-2;1-3-4-2;4*1-2/h6-7,10-15,18-20H,1,8-9,16-17,21-23H2,2-5H3;5,7H,6,8H2,1-4H3;4,6-7H,5H2,1-3H3;3H,1,4H2,2H3;4*1-2H3/b11-7-,12-10-,20-15+;7-5-;6-4-,8-7-;;;;;. The molecule has 1 fully saturated rings. The van der Waals surface area contributed by atoms with Crippen molar-refractivity contribution in [2.75, 3.05) is 0 Å². The highest BCUT2D eigenvalue weighted by atomic mass is 15.1. The Bertz CT molecular complexity index is 1430. The Morgan fingerprint density at radius 3 is 1.81 bits per heavy atom. The van der Waals surface area contributed by atoms with E-state index in [-0.39, 0.29) is 11.0 Å². The van der Waals surface area contributed by atoms with Crippen LogP contribution in [0.15, 0.2) is 122 Å². The number of nitrogens with zero attached hydrogens (tertiary/aromatic N) is 1. The van der Waals surface area contributed by atoms with Crippen molar-refractivity contribution in [1.29, 1.82) is 0 Å². The number of aromatic nitrogens is 1. The van der Waals surface area contributed by atoms with Crippen LogP contribution in [0.25, 0.3) is 10.9 Å². The third-order valence-corrected chi connectivity index (χ3v) is 10.2. The highest BCUT2D eigenvalue weighted by Crippen LogP contribution is 2.50. The van der Waals surface area contributed by atoms with Gasteiger partial charge in [0.1, 0.15) is 0 Å². The van der Waals surface area contributed by atoms with E-state index in [1.54, 1.807) is 0 Å². The third-order valence-electron chi connectivity index (χ3n) is 10.2. The summed E-state index contributed by atoms with van der Waals surface area (Å²) in [5, 5.41) is 1.44. The van der Waals surface area contributed by atoms with Crippen LogP contribution < -0.4 is 0 Å². The smallest absolute Gasteiger partial charge is 0.0490 e. The number of para-hydroxylation sites is 1. The molecule has 1 heterocycles. The van der Waals surface area contributed by atoms with Gasteiger partial charge in [-0.15, -0.1) is 6.58 Å². The van der Waals surface area contributed by atoms with Crippen LogP contribution in [0.2, 0.25) is 0 Å². The second kappa shape index (κ2) is 42.8. The monoisotopic (exact) mass is 814 g/mol. The number of allylic oxidation sites excluding steroid dienone is 14. The zero-order valence-electron chi connectivity index (χ0n) is 43.5. The molecule has 0 aliphatic heterocycles. The molecule has 1 aliphatic rings. The first kappa shape index (κ1) is 64.8. The van der Waals surface area contributed by atoms with Crippen LogP contribution in [0, 0.1) is 10.8 Å². The lowest BCUT2D eigenvalue weighted by atomic mass is 9.65. The molecule has 3 rings (SSSR count). The topological polar surface area (TPSA) is 4.93 Å². The first-order valence-electron chi connectivity index (χ1n) is 24.1. The molecule has 1 nitrogen and oxygen atoms in total. The predicted octanol–water partition coefficient (Wildman–Crippen LogP) is 20.3. The fraction of sp³-hybridized carbons (Fsp3) is 0.586. The first-order chi connectivity index (χ1) is 28.4. The van der Waals surface area contributed by atoms with Gasteiger partial charge in [-0.1, -0.05) is 233 Å². The molecule has 1 aliphatic carbocycles. The average molecular weight is 814 g/mol. The minimum Gasteiger partial charge on any atom is -0.338 e. The molecule has 1 aromatic carbocycles. The molecule has 59 heavy (non-hydrogen) atoms. The van der Waals surface area contributed by atoms with Gasteiger partial charge in [0, 0.05) is 22.1 Å². The molecular weight excluding hydrogens is 711 g/mol. The number of hydrogen-bond donors (Lipinski definition) is 0. The van der Waals surface area contributed by atoms with Crippen LogP contribution in [0.3, 0.4) is 0 Å². The largest absolute Gasteiger partial charge is 0.338 e. The second-order valence-corrected chi connectivity index (χ2v) is 15.0. The van der Waals surface area contributed by atoms with Crippen molar-refractivity contribution in [1.82, 2.24) is 4.57 Å². The van der Waals surface area contributed by atoms with Gasteiger partial charge in [-0.25, -0.2) is 0 Å². The molecule has 0 amide bonds. The van der Waals surface area contributed by atoms with Gasteiger partial charge >= 0.3 is 0 Å². The van der Waals surface area contributed by atoms with Gasteiger partial charge in [0.25, 0.3) is 0 Å². The van der Waals surface area contributed by atoms with Crippen LogP contribution in [-0.4, -0.2) is 4.57 Å². The van der Waals surface area contributed by atoms with E-state index in [1.165, 1.54) is 72.7 Å². The van der Waals surface area contributed by atoms with Gasteiger partial charge in [-0.2, -0.15) is 0 Å². The Labute approximate surface area is 372 Å². The van der Waals surface area contributed by atoms with E-state index in [2.05, 4.69) is 179 Å². The summed E-state index contributed by atoms with van der Waals surface area (Å²) in [6.07, 6.45) is 40.7. The molecule has 0 N–H and O–H groups in total. The Kier molecular flexibility index (Phi) is 47.0. The third kappa shape index (κ3) is 27.2. The molecule has 0 bridgehead atoms. The van der Waals surface area contributed by atoms with Gasteiger partial charge in [0.15, 0.2) is 0 Å². The van der Waals surface area contributed by atoms with Crippen molar-refractivity contribution >= 4 is 10.9 Å². The summed E-state index contributed by atoms with van der Waals surface area (Å²) in [5.41, 5.74) is 6.75. The normalized spacial score (nSPS) is 17.4. The highest BCUT2D eigenvalue weighted by Gasteiger charge is 2.43. The molecular formula is C58H103N. The van der Waals surface area contributed by atoms with Crippen molar-refractivity contribution in [3.05, 3.63) is 133 Å². The van der Waals surface area contributed by atoms with E-state index in [9.17, 15) is 0 Å². The summed E-state index contributed by atoms with van der Waals surface area (Å²) in [6, 6.07) is 9.08. The SMILES string of the molecule is C/C=C\C(C)=C/CC.C/C=C\CC(C)(C)CC.C=C/C=C\C=C\C1(C)CCCC(CC)(n2c(CC)c(C/C=C\C)c3ccccc32)C1.C=CCC.CC.CC.CC.CC. The number of hydrogen-bond acceptors (Lipinski definition) is 0. The van der Waals surface area contributed by atoms with E-state index in [4.69, 9.17) is 0 Å². The van der Waals surface area contributed by atoms with Gasteiger partial charge < -0.3 is 4.57 Å². The van der Waals surface area contributed by atoms with Gasteiger partial charge in [-0.05, 0) is 108 Å². The molecule has 2 atom stereocenters. The molecule has 1 aromatic heterocycles.